The van der Waals surface area contributed by atoms with Crippen molar-refractivity contribution in [2.45, 2.75) is 12.8 Å². The summed E-state index contributed by atoms with van der Waals surface area (Å²) in [5.41, 5.74) is 1.18. The molecule has 0 saturated carbocycles. The first-order valence-corrected chi connectivity index (χ1v) is 3.66. The SMILES string of the molecule is CC(COO)c1ccccc1. The summed E-state index contributed by atoms with van der Waals surface area (Å²) < 4.78 is 0. The Kier molecular flexibility index (Phi) is 3.08. The molecule has 0 saturated heterocycles. The Hall–Kier alpha value is -0.860. The van der Waals surface area contributed by atoms with Gasteiger partial charge in [0, 0.05) is 5.92 Å². The van der Waals surface area contributed by atoms with Crippen molar-refractivity contribution in [3.63, 3.8) is 0 Å². The number of hydrogen-bond acceptors (Lipinski definition) is 2. The maximum Gasteiger partial charge on any atom is 0.0885 e. The number of hydrogen-bond donors (Lipinski definition) is 1. The maximum absolute atomic E-state index is 8.20. The minimum absolute atomic E-state index is 0.251. The lowest BCUT2D eigenvalue weighted by atomic mass is 10.0. The highest BCUT2D eigenvalue weighted by atomic mass is 17.1. The molecule has 1 aromatic carbocycles. The summed E-state index contributed by atoms with van der Waals surface area (Å²) in [6.07, 6.45) is 0. The van der Waals surface area contributed by atoms with Gasteiger partial charge in [-0.2, -0.15) is 0 Å². The third-order valence-corrected chi connectivity index (χ3v) is 1.69. The summed E-state index contributed by atoms with van der Waals surface area (Å²) in [6.45, 7) is 2.36. The van der Waals surface area contributed by atoms with Gasteiger partial charge in [0.15, 0.2) is 0 Å². The third-order valence-electron chi connectivity index (χ3n) is 1.69. The zero-order valence-corrected chi connectivity index (χ0v) is 6.53. The van der Waals surface area contributed by atoms with Crippen molar-refractivity contribution in [1.29, 1.82) is 0 Å². The molecule has 0 aliphatic rings. The Morgan fingerprint density at radius 3 is 2.55 bits per heavy atom. The highest BCUT2D eigenvalue weighted by Crippen LogP contribution is 2.13. The van der Waals surface area contributed by atoms with Crippen molar-refractivity contribution in [3.8, 4) is 0 Å². The van der Waals surface area contributed by atoms with Crippen molar-refractivity contribution in [2.75, 3.05) is 6.61 Å². The van der Waals surface area contributed by atoms with Crippen LogP contribution in [0.2, 0.25) is 0 Å². The fraction of sp³-hybridized carbons (Fsp3) is 0.333. The van der Waals surface area contributed by atoms with E-state index in [1.54, 1.807) is 0 Å². The lowest BCUT2D eigenvalue weighted by Crippen LogP contribution is -2.01. The number of benzene rings is 1. The molecule has 2 nitrogen and oxygen atoms in total. The van der Waals surface area contributed by atoms with Gasteiger partial charge in [0.05, 0.1) is 6.61 Å². The van der Waals surface area contributed by atoms with Gasteiger partial charge >= 0.3 is 0 Å². The second kappa shape index (κ2) is 4.11. The molecule has 11 heavy (non-hydrogen) atoms. The molecule has 1 N–H and O–H groups in total. The molecule has 0 spiro atoms. The van der Waals surface area contributed by atoms with Crippen LogP contribution in [-0.4, -0.2) is 11.9 Å². The number of rotatable bonds is 3. The van der Waals surface area contributed by atoms with E-state index in [1.807, 2.05) is 37.3 Å². The Morgan fingerprint density at radius 2 is 2.00 bits per heavy atom. The first kappa shape index (κ1) is 8.24. The van der Waals surface area contributed by atoms with E-state index in [1.165, 1.54) is 5.56 Å². The van der Waals surface area contributed by atoms with E-state index < -0.39 is 0 Å². The molecular formula is C9H12O2. The fourth-order valence-corrected chi connectivity index (χ4v) is 0.990. The Bertz CT molecular complexity index is 196. The van der Waals surface area contributed by atoms with E-state index in [0.29, 0.717) is 6.61 Å². The molecule has 1 aromatic rings. The molecule has 2 heteroatoms. The summed E-state index contributed by atoms with van der Waals surface area (Å²) in [6, 6.07) is 9.95. The Labute approximate surface area is 66.4 Å². The van der Waals surface area contributed by atoms with Crippen molar-refractivity contribution >= 4 is 0 Å². The van der Waals surface area contributed by atoms with Crippen LogP contribution in [0.25, 0.3) is 0 Å². The standard InChI is InChI=1S/C9H12O2/c1-8(7-11-10)9-5-3-2-4-6-9/h2-6,8,10H,7H2,1H3. The van der Waals surface area contributed by atoms with Crippen LogP contribution in [0, 0.1) is 0 Å². The van der Waals surface area contributed by atoms with Gasteiger partial charge in [-0.1, -0.05) is 37.3 Å². The molecule has 1 atom stereocenters. The predicted molar refractivity (Wildman–Crippen MR) is 43.4 cm³/mol. The minimum atomic E-state index is 0.251. The summed E-state index contributed by atoms with van der Waals surface area (Å²) >= 11 is 0. The van der Waals surface area contributed by atoms with E-state index in [2.05, 4.69) is 4.89 Å². The highest BCUT2D eigenvalue weighted by Gasteiger charge is 2.03. The van der Waals surface area contributed by atoms with Gasteiger partial charge in [-0.05, 0) is 5.56 Å². The fourth-order valence-electron chi connectivity index (χ4n) is 0.990. The monoisotopic (exact) mass is 152 g/mol. The van der Waals surface area contributed by atoms with Crippen LogP contribution in [0.3, 0.4) is 0 Å². The first-order valence-electron chi connectivity index (χ1n) is 3.66. The van der Waals surface area contributed by atoms with Gasteiger partial charge in [0.1, 0.15) is 0 Å². The van der Waals surface area contributed by atoms with Crippen molar-refractivity contribution in [2.24, 2.45) is 0 Å². The molecule has 60 valence electrons. The van der Waals surface area contributed by atoms with Crippen LogP contribution in [0.4, 0.5) is 0 Å². The predicted octanol–water partition coefficient (Wildman–Crippen LogP) is 2.28. The van der Waals surface area contributed by atoms with Crippen molar-refractivity contribution in [1.82, 2.24) is 0 Å². The molecule has 1 rings (SSSR count). The Balaban J connectivity index is 2.61. The van der Waals surface area contributed by atoms with Gasteiger partial charge in [-0.15, -0.1) is 0 Å². The van der Waals surface area contributed by atoms with Crippen molar-refractivity contribution in [3.05, 3.63) is 35.9 Å². The van der Waals surface area contributed by atoms with E-state index >= 15 is 0 Å². The topological polar surface area (TPSA) is 29.5 Å². The van der Waals surface area contributed by atoms with Gasteiger partial charge in [-0.3, -0.25) is 5.26 Å². The largest absolute Gasteiger partial charge is 0.252 e. The molecule has 0 aliphatic carbocycles. The molecule has 0 aromatic heterocycles. The molecule has 0 fully saturated rings. The minimum Gasteiger partial charge on any atom is -0.252 e. The summed E-state index contributed by atoms with van der Waals surface area (Å²) in [7, 11) is 0. The van der Waals surface area contributed by atoms with E-state index in [-0.39, 0.29) is 5.92 Å². The van der Waals surface area contributed by atoms with Crippen LogP contribution < -0.4 is 0 Å². The lowest BCUT2D eigenvalue weighted by molar-refractivity contribution is -0.245. The van der Waals surface area contributed by atoms with Gasteiger partial charge < -0.3 is 0 Å². The third kappa shape index (κ3) is 2.33. The van der Waals surface area contributed by atoms with Gasteiger partial charge in [0.2, 0.25) is 0 Å². The van der Waals surface area contributed by atoms with E-state index in [0.717, 1.165) is 0 Å². The second-order valence-corrected chi connectivity index (χ2v) is 2.61. The van der Waals surface area contributed by atoms with E-state index in [9.17, 15) is 0 Å². The van der Waals surface area contributed by atoms with Crippen LogP contribution in [0.1, 0.15) is 18.4 Å². The van der Waals surface area contributed by atoms with Crippen LogP contribution >= 0.6 is 0 Å². The van der Waals surface area contributed by atoms with Crippen molar-refractivity contribution < 1.29 is 10.1 Å². The molecule has 0 aliphatic heterocycles. The zero-order valence-electron chi connectivity index (χ0n) is 6.53. The second-order valence-electron chi connectivity index (χ2n) is 2.61. The Morgan fingerprint density at radius 1 is 1.36 bits per heavy atom. The van der Waals surface area contributed by atoms with Crippen LogP contribution in [0.5, 0.6) is 0 Å². The average molecular weight is 152 g/mol. The molecule has 1 unspecified atom stereocenters. The van der Waals surface area contributed by atoms with Crippen LogP contribution in [0.15, 0.2) is 30.3 Å². The lowest BCUT2D eigenvalue weighted by Gasteiger charge is -2.07. The molecule has 0 heterocycles. The molecule has 0 amide bonds. The summed E-state index contributed by atoms with van der Waals surface area (Å²) in [4.78, 5) is 4.06. The smallest absolute Gasteiger partial charge is 0.0885 e. The maximum atomic E-state index is 8.20. The van der Waals surface area contributed by atoms with Gasteiger partial charge in [0.25, 0.3) is 0 Å². The molecule has 0 radical (unpaired) electrons. The van der Waals surface area contributed by atoms with E-state index in [4.69, 9.17) is 5.26 Å². The first-order chi connectivity index (χ1) is 5.34. The summed E-state index contributed by atoms with van der Waals surface area (Å²) in [5.74, 6) is 0.251. The quantitative estimate of drug-likeness (QED) is 0.532. The average Bonchev–Trinajstić information content (AvgIpc) is 2.07. The zero-order chi connectivity index (χ0) is 8.10. The van der Waals surface area contributed by atoms with Gasteiger partial charge in [-0.25, -0.2) is 4.89 Å². The summed E-state index contributed by atoms with van der Waals surface area (Å²) in [5, 5.41) is 8.20. The normalized spacial score (nSPS) is 12.9. The molecule has 0 bridgehead atoms. The molecular weight excluding hydrogens is 140 g/mol. The highest BCUT2D eigenvalue weighted by molar-refractivity contribution is 5.18. The van der Waals surface area contributed by atoms with Crippen LogP contribution in [-0.2, 0) is 4.89 Å².